The molecule has 7 heteroatoms. The van der Waals surface area contributed by atoms with Crippen molar-refractivity contribution < 1.29 is 13.9 Å². The van der Waals surface area contributed by atoms with Gasteiger partial charge in [0, 0.05) is 17.5 Å². The van der Waals surface area contributed by atoms with Crippen LogP contribution in [0.4, 0.5) is 8.78 Å². The predicted molar refractivity (Wildman–Crippen MR) is 78.2 cm³/mol. The minimum atomic E-state index is -1.11. The third-order valence-corrected chi connectivity index (χ3v) is 4.95. The van der Waals surface area contributed by atoms with Crippen molar-refractivity contribution in [2.24, 2.45) is 0 Å². The zero-order valence-electron chi connectivity index (χ0n) is 11.1. The molecule has 0 atom stereocenters. The summed E-state index contributed by atoms with van der Waals surface area (Å²) in [7, 11) is 0. The zero-order chi connectivity index (χ0) is 15.6. The number of halogens is 2. The average molecular weight is 318 g/mol. The Labute approximate surface area is 126 Å². The predicted octanol–water partition coefficient (Wildman–Crippen LogP) is 3.41. The molecule has 2 aromatic heterocycles. The second-order valence-corrected chi connectivity index (χ2v) is 6.28. The Balaban J connectivity index is 2.31. The van der Waals surface area contributed by atoms with E-state index in [4.69, 9.17) is 5.26 Å². The lowest BCUT2D eigenvalue weighted by atomic mass is 10.1. The number of rotatable bonds is 1. The van der Waals surface area contributed by atoms with Gasteiger partial charge in [0.15, 0.2) is 17.4 Å². The van der Waals surface area contributed by atoms with Gasteiger partial charge in [0.1, 0.15) is 21.2 Å². The van der Waals surface area contributed by atoms with E-state index in [1.165, 1.54) is 0 Å². The maximum absolute atomic E-state index is 13.6. The van der Waals surface area contributed by atoms with Gasteiger partial charge in [0.25, 0.3) is 0 Å². The molecule has 1 aromatic carbocycles. The van der Waals surface area contributed by atoms with E-state index in [1.54, 1.807) is 4.57 Å². The number of thiophene rings is 1. The van der Waals surface area contributed by atoms with E-state index in [2.05, 4.69) is 0 Å². The molecule has 2 heterocycles. The molecule has 0 aliphatic heterocycles. The lowest BCUT2D eigenvalue weighted by Crippen LogP contribution is -2.10. The molecule has 110 valence electrons. The first-order valence-corrected chi connectivity index (χ1v) is 7.43. The number of aromatic nitrogens is 1. The molecule has 22 heavy (non-hydrogen) atoms. The molecule has 0 saturated heterocycles. The minimum Gasteiger partial charge on any atom is -0.505 e. The van der Waals surface area contributed by atoms with Crippen LogP contribution in [0.15, 0.2) is 16.9 Å². The third kappa shape index (κ3) is 1.61. The van der Waals surface area contributed by atoms with E-state index >= 15 is 0 Å². The number of aromatic hydroxyl groups is 1. The molecule has 3 aromatic rings. The Bertz CT molecular complexity index is 1060. The van der Waals surface area contributed by atoms with Gasteiger partial charge < -0.3 is 9.67 Å². The largest absolute Gasteiger partial charge is 0.505 e. The highest BCUT2D eigenvalue weighted by molar-refractivity contribution is 7.19. The van der Waals surface area contributed by atoms with Gasteiger partial charge in [-0.2, -0.15) is 5.26 Å². The molecule has 0 radical (unpaired) electrons. The number of nitriles is 1. The van der Waals surface area contributed by atoms with Crippen LogP contribution in [-0.4, -0.2) is 9.67 Å². The van der Waals surface area contributed by atoms with Crippen molar-refractivity contribution in [3.63, 3.8) is 0 Å². The first-order chi connectivity index (χ1) is 10.5. The number of pyridine rings is 1. The highest BCUT2D eigenvalue weighted by Crippen LogP contribution is 2.44. The molecular formula is C15H8F2N2O2S. The van der Waals surface area contributed by atoms with Crippen molar-refractivity contribution >= 4 is 32.5 Å². The highest BCUT2D eigenvalue weighted by Gasteiger charge is 2.30. The summed E-state index contributed by atoms with van der Waals surface area (Å²) in [6.45, 7) is 0. The molecular weight excluding hydrogens is 310 g/mol. The molecule has 1 aliphatic carbocycles. The van der Waals surface area contributed by atoms with E-state index in [9.17, 15) is 18.7 Å². The van der Waals surface area contributed by atoms with Crippen LogP contribution in [0.5, 0.6) is 5.75 Å². The summed E-state index contributed by atoms with van der Waals surface area (Å²) in [6, 6.07) is 3.78. The summed E-state index contributed by atoms with van der Waals surface area (Å²) in [5, 5.41) is 19.2. The van der Waals surface area contributed by atoms with Gasteiger partial charge in [-0.3, -0.25) is 4.79 Å². The summed E-state index contributed by atoms with van der Waals surface area (Å²) >= 11 is 0.994. The van der Waals surface area contributed by atoms with Crippen molar-refractivity contribution in [3.8, 4) is 11.8 Å². The summed E-state index contributed by atoms with van der Waals surface area (Å²) in [6.07, 6.45) is 1.71. The summed E-state index contributed by atoms with van der Waals surface area (Å²) in [5.74, 6) is -2.52. The maximum Gasteiger partial charge on any atom is 0.202 e. The number of benzene rings is 1. The van der Waals surface area contributed by atoms with Gasteiger partial charge in [0.2, 0.25) is 5.43 Å². The highest BCUT2D eigenvalue weighted by atomic mass is 32.1. The van der Waals surface area contributed by atoms with E-state index in [0.29, 0.717) is 10.3 Å². The molecule has 4 nitrogen and oxygen atoms in total. The van der Waals surface area contributed by atoms with Crippen LogP contribution in [0.1, 0.15) is 23.8 Å². The molecule has 1 fully saturated rings. The van der Waals surface area contributed by atoms with Gasteiger partial charge >= 0.3 is 0 Å². The smallest absolute Gasteiger partial charge is 0.202 e. The lowest BCUT2D eigenvalue weighted by Gasteiger charge is -2.12. The SMILES string of the molecule is N#Cc1sc2c(c1O)c(=O)c1cc(F)c(F)cc1n2C1CC1. The number of fused-ring (bicyclic) bond motifs is 2. The normalized spacial score (nSPS) is 14.6. The van der Waals surface area contributed by atoms with Crippen LogP contribution in [-0.2, 0) is 0 Å². The fourth-order valence-corrected chi connectivity index (χ4v) is 3.79. The fraction of sp³-hybridized carbons (Fsp3) is 0.200. The monoisotopic (exact) mass is 318 g/mol. The van der Waals surface area contributed by atoms with Crippen molar-refractivity contribution in [1.29, 1.82) is 5.26 Å². The molecule has 4 rings (SSSR count). The van der Waals surface area contributed by atoms with Gasteiger partial charge in [-0.25, -0.2) is 8.78 Å². The molecule has 1 N–H and O–H groups in total. The van der Waals surface area contributed by atoms with Gasteiger partial charge in [-0.1, -0.05) is 0 Å². The van der Waals surface area contributed by atoms with E-state index in [0.717, 1.165) is 36.3 Å². The second-order valence-electron chi connectivity index (χ2n) is 5.29. The molecule has 0 unspecified atom stereocenters. The summed E-state index contributed by atoms with van der Waals surface area (Å²) in [4.78, 5) is 13.0. The quantitative estimate of drug-likeness (QED) is 0.748. The van der Waals surface area contributed by atoms with Crippen molar-refractivity contribution in [2.45, 2.75) is 18.9 Å². The first-order valence-electron chi connectivity index (χ1n) is 6.61. The third-order valence-electron chi connectivity index (χ3n) is 3.87. The number of nitrogens with zero attached hydrogens (tertiary/aromatic N) is 2. The van der Waals surface area contributed by atoms with E-state index < -0.39 is 17.1 Å². The molecule has 0 amide bonds. The van der Waals surface area contributed by atoms with Gasteiger partial charge in [-0.05, 0) is 18.9 Å². The molecule has 0 bridgehead atoms. The van der Waals surface area contributed by atoms with Crippen LogP contribution in [0.3, 0.4) is 0 Å². The van der Waals surface area contributed by atoms with Gasteiger partial charge in [0.05, 0.1) is 5.52 Å². The Morgan fingerprint density at radius 2 is 2.00 bits per heavy atom. The number of hydrogen-bond acceptors (Lipinski definition) is 4. The maximum atomic E-state index is 13.6. The zero-order valence-corrected chi connectivity index (χ0v) is 11.9. The van der Waals surface area contributed by atoms with Gasteiger partial charge in [-0.15, -0.1) is 11.3 Å². The number of hydrogen-bond donors (Lipinski definition) is 1. The Hall–Kier alpha value is -2.46. The molecule has 1 aliphatic rings. The van der Waals surface area contributed by atoms with Crippen LogP contribution < -0.4 is 5.43 Å². The lowest BCUT2D eigenvalue weighted by molar-refractivity contribution is 0.482. The Morgan fingerprint density at radius 1 is 1.32 bits per heavy atom. The average Bonchev–Trinajstić information content (AvgIpc) is 3.26. The molecule has 1 saturated carbocycles. The van der Waals surface area contributed by atoms with E-state index in [1.807, 2.05) is 6.07 Å². The van der Waals surface area contributed by atoms with Crippen LogP contribution in [0.25, 0.3) is 21.1 Å². The van der Waals surface area contributed by atoms with Crippen LogP contribution in [0.2, 0.25) is 0 Å². The first kappa shape index (κ1) is 13.2. The van der Waals surface area contributed by atoms with Crippen molar-refractivity contribution in [3.05, 3.63) is 38.9 Å². The minimum absolute atomic E-state index is 0.00644. The van der Waals surface area contributed by atoms with Crippen LogP contribution >= 0.6 is 11.3 Å². The summed E-state index contributed by atoms with van der Waals surface area (Å²) < 4.78 is 28.9. The van der Waals surface area contributed by atoms with Crippen molar-refractivity contribution in [2.75, 3.05) is 0 Å². The molecule has 0 spiro atoms. The fourth-order valence-electron chi connectivity index (χ4n) is 2.72. The topological polar surface area (TPSA) is 66.0 Å². The second kappa shape index (κ2) is 4.27. The Morgan fingerprint density at radius 3 is 2.64 bits per heavy atom. The van der Waals surface area contributed by atoms with E-state index in [-0.39, 0.29) is 27.4 Å². The summed E-state index contributed by atoms with van der Waals surface area (Å²) in [5.41, 5.74) is -0.291. The Kier molecular flexibility index (Phi) is 2.57. The standard InChI is InChI=1S/C15H8F2N2O2S/c16-8-3-7-10(4-9(8)17)19(6-1-2-6)15-12(13(7)20)14(21)11(5-18)22-15/h3-4,6,21H,1-2H2. The van der Waals surface area contributed by atoms with Crippen molar-refractivity contribution in [1.82, 2.24) is 4.57 Å². The van der Waals surface area contributed by atoms with Crippen LogP contribution in [0, 0.1) is 23.0 Å².